The highest BCUT2D eigenvalue weighted by molar-refractivity contribution is 7.89. The topological polar surface area (TPSA) is 127 Å². The Hall–Kier alpha value is -3.42. The van der Waals surface area contributed by atoms with Crippen molar-refractivity contribution in [3.8, 4) is 6.07 Å². The molecule has 0 aliphatic carbocycles. The number of aromatic nitrogens is 1. The number of hydrogen-bond acceptors (Lipinski definition) is 6. The Kier molecular flexibility index (Phi) is 4.70. The second-order valence-electron chi connectivity index (χ2n) is 6.56. The van der Waals surface area contributed by atoms with Crippen LogP contribution in [0.4, 0.5) is 0 Å². The number of amides is 1. The fourth-order valence-electron chi connectivity index (χ4n) is 3.24. The number of benzene rings is 2. The molecule has 0 spiro atoms. The first-order valence-corrected chi connectivity index (χ1v) is 10.2. The lowest BCUT2D eigenvalue weighted by atomic mass is 10.1. The lowest BCUT2D eigenvalue weighted by Crippen LogP contribution is -2.50. The Bertz CT molecular complexity index is 1280. The Morgan fingerprint density at radius 1 is 1.07 bits per heavy atom. The molecule has 2 heterocycles. The van der Waals surface area contributed by atoms with Gasteiger partial charge in [-0.2, -0.15) is 9.57 Å². The zero-order valence-electron chi connectivity index (χ0n) is 15.2. The number of carbonyl (C=O) groups is 1. The van der Waals surface area contributed by atoms with Crippen LogP contribution in [0.15, 0.2) is 56.6 Å². The van der Waals surface area contributed by atoms with Gasteiger partial charge in [-0.25, -0.2) is 13.2 Å². The van der Waals surface area contributed by atoms with Gasteiger partial charge in [-0.15, -0.1) is 0 Å². The Labute approximate surface area is 165 Å². The molecule has 1 aromatic heterocycles. The summed E-state index contributed by atoms with van der Waals surface area (Å²) in [5.74, 6) is -0.855. The highest BCUT2D eigenvalue weighted by Crippen LogP contribution is 2.22. The molecular weight excluding hydrogens is 396 g/mol. The van der Waals surface area contributed by atoms with Crippen molar-refractivity contribution in [2.24, 2.45) is 0 Å². The summed E-state index contributed by atoms with van der Waals surface area (Å²) in [7, 11) is -3.78. The summed E-state index contributed by atoms with van der Waals surface area (Å²) < 4.78 is 32.1. The third kappa shape index (κ3) is 3.53. The molecule has 0 radical (unpaired) electrons. The molecule has 29 heavy (non-hydrogen) atoms. The van der Waals surface area contributed by atoms with Crippen molar-refractivity contribution in [1.82, 2.24) is 14.2 Å². The maximum absolute atomic E-state index is 12.9. The molecule has 10 heteroatoms. The van der Waals surface area contributed by atoms with E-state index >= 15 is 0 Å². The third-order valence-electron chi connectivity index (χ3n) is 4.82. The van der Waals surface area contributed by atoms with Crippen molar-refractivity contribution < 1.29 is 17.6 Å². The van der Waals surface area contributed by atoms with Crippen LogP contribution in [0, 0.1) is 11.3 Å². The number of carbonyl (C=O) groups excluding carboxylic acids is 1. The minimum absolute atomic E-state index is 0.0274. The molecule has 2 aromatic carbocycles. The van der Waals surface area contributed by atoms with Gasteiger partial charge in [0.15, 0.2) is 5.58 Å². The molecule has 1 saturated heterocycles. The minimum Gasteiger partial charge on any atom is -0.408 e. The fourth-order valence-corrected chi connectivity index (χ4v) is 4.67. The monoisotopic (exact) mass is 412 g/mol. The van der Waals surface area contributed by atoms with Gasteiger partial charge in [0.1, 0.15) is 0 Å². The normalized spacial score (nSPS) is 15.3. The summed E-state index contributed by atoms with van der Waals surface area (Å²) in [6, 6.07) is 12.5. The molecule has 1 N–H and O–H groups in total. The summed E-state index contributed by atoms with van der Waals surface area (Å²) >= 11 is 0. The van der Waals surface area contributed by atoms with E-state index in [2.05, 4.69) is 4.98 Å². The first kappa shape index (κ1) is 18.9. The molecule has 0 bridgehead atoms. The SMILES string of the molecule is N#Cc1ccc(C(=O)N2CCN(S(=O)(=O)c3ccc4[nH]c(=O)oc4c3)CC2)cc1. The number of oxazole rings is 1. The highest BCUT2D eigenvalue weighted by Gasteiger charge is 2.30. The van der Waals surface area contributed by atoms with Gasteiger partial charge < -0.3 is 9.32 Å². The van der Waals surface area contributed by atoms with Crippen LogP contribution in [0.5, 0.6) is 0 Å². The van der Waals surface area contributed by atoms with Crippen LogP contribution in [0.1, 0.15) is 15.9 Å². The van der Waals surface area contributed by atoms with Crippen molar-refractivity contribution in [3.63, 3.8) is 0 Å². The van der Waals surface area contributed by atoms with Gasteiger partial charge in [0.05, 0.1) is 22.0 Å². The van der Waals surface area contributed by atoms with Crippen molar-refractivity contribution in [2.75, 3.05) is 26.2 Å². The van der Waals surface area contributed by atoms with Crippen LogP contribution in [-0.4, -0.2) is 54.7 Å². The van der Waals surface area contributed by atoms with E-state index in [1.807, 2.05) is 6.07 Å². The van der Waals surface area contributed by atoms with E-state index in [1.165, 1.54) is 22.5 Å². The van der Waals surface area contributed by atoms with Crippen LogP contribution in [0.3, 0.4) is 0 Å². The quantitative estimate of drug-likeness (QED) is 0.687. The Balaban J connectivity index is 1.48. The largest absolute Gasteiger partial charge is 0.417 e. The summed E-state index contributed by atoms with van der Waals surface area (Å²) in [6.45, 7) is 0.804. The van der Waals surface area contributed by atoms with E-state index < -0.39 is 15.8 Å². The predicted molar refractivity (Wildman–Crippen MR) is 103 cm³/mol. The van der Waals surface area contributed by atoms with E-state index in [9.17, 15) is 18.0 Å². The van der Waals surface area contributed by atoms with Gasteiger partial charge in [-0.3, -0.25) is 9.78 Å². The van der Waals surface area contributed by atoms with Gasteiger partial charge in [0.25, 0.3) is 5.91 Å². The predicted octanol–water partition coefficient (Wildman–Crippen LogP) is 1.14. The maximum Gasteiger partial charge on any atom is 0.417 e. The molecule has 0 saturated carbocycles. The van der Waals surface area contributed by atoms with Crippen molar-refractivity contribution >= 4 is 27.0 Å². The van der Waals surface area contributed by atoms with Crippen molar-refractivity contribution in [2.45, 2.75) is 4.90 Å². The fraction of sp³-hybridized carbons (Fsp3) is 0.211. The summed E-state index contributed by atoms with van der Waals surface area (Å²) in [5.41, 5.74) is 1.51. The van der Waals surface area contributed by atoms with Gasteiger partial charge in [-0.1, -0.05) is 0 Å². The summed E-state index contributed by atoms with van der Waals surface area (Å²) in [5, 5.41) is 8.84. The maximum atomic E-state index is 12.9. The average Bonchev–Trinajstić information content (AvgIpc) is 3.12. The summed E-state index contributed by atoms with van der Waals surface area (Å²) in [4.78, 5) is 28.0. The number of nitriles is 1. The number of H-pyrrole nitrogens is 1. The van der Waals surface area contributed by atoms with E-state index in [4.69, 9.17) is 9.68 Å². The Morgan fingerprint density at radius 2 is 1.76 bits per heavy atom. The molecular formula is C19H16N4O5S. The molecule has 4 rings (SSSR count). The van der Waals surface area contributed by atoms with Gasteiger partial charge in [-0.05, 0) is 36.4 Å². The van der Waals surface area contributed by atoms with Gasteiger partial charge >= 0.3 is 5.76 Å². The molecule has 0 unspecified atom stereocenters. The smallest absolute Gasteiger partial charge is 0.408 e. The van der Waals surface area contributed by atoms with Crippen LogP contribution < -0.4 is 5.76 Å². The second-order valence-corrected chi connectivity index (χ2v) is 8.50. The van der Waals surface area contributed by atoms with E-state index in [0.29, 0.717) is 16.6 Å². The highest BCUT2D eigenvalue weighted by atomic mass is 32.2. The first-order chi connectivity index (χ1) is 13.9. The zero-order chi connectivity index (χ0) is 20.6. The summed E-state index contributed by atoms with van der Waals surface area (Å²) in [6.07, 6.45) is 0. The molecule has 0 atom stereocenters. The Morgan fingerprint density at radius 3 is 2.41 bits per heavy atom. The number of nitrogens with zero attached hydrogens (tertiary/aromatic N) is 3. The second kappa shape index (κ2) is 7.20. The third-order valence-corrected chi connectivity index (χ3v) is 6.71. The van der Waals surface area contributed by atoms with Crippen LogP contribution in [0.25, 0.3) is 11.1 Å². The number of hydrogen-bond donors (Lipinski definition) is 1. The number of rotatable bonds is 3. The number of piperazine rings is 1. The van der Waals surface area contributed by atoms with Crippen molar-refractivity contribution in [3.05, 3.63) is 64.1 Å². The molecule has 148 valence electrons. The number of sulfonamides is 1. The van der Waals surface area contributed by atoms with Gasteiger partial charge in [0, 0.05) is 37.8 Å². The average molecular weight is 412 g/mol. The van der Waals surface area contributed by atoms with Crippen molar-refractivity contribution in [1.29, 1.82) is 5.26 Å². The molecule has 1 aliphatic heterocycles. The molecule has 1 amide bonds. The molecule has 1 fully saturated rings. The van der Waals surface area contributed by atoms with Crippen LogP contribution >= 0.6 is 0 Å². The molecule has 3 aromatic rings. The number of nitrogens with one attached hydrogen (secondary N) is 1. The van der Waals surface area contributed by atoms with E-state index in [-0.39, 0.29) is 42.6 Å². The lowest BCUT2D eigenvalue weighted by Gasteiger charge is -2.34. The molecule has 9 nitrogen and oxygen atoms in total. The number of aromatic amines is 1. The standard InChI is InChI=1S/C19H16N4O5S/c20-12-13-1-3-14(4-2-13)18(24)22-7-9-23(10-8-22)29(26,27)15-5-6-16-17(11-15)28-19(25)21-16/h1-6,11H,7-10H2,(H,21,25). The van der Waals surface area contributed by atoms with Crippen LogP contribution in [0.2, 0.25) is 0 Å². The van der Waals surface area contributed by atoms with E-state index in [1.54, 1.807) is 29.2 Å². The van der Waals surface area contributed by atoms with E-state index in [0.717, 1.165) is 0 Å². The number of fused-ring (bicyclic) bond motifs is 1. The lowest BCUT2D eigenvalue weighted by molar-refractivity contribution is 0.0698. The van der Waals surface area contributed by atoms with Crippen LogP contribution in [-0.2, 0) is 10.0 Å². The molecule has 1 aliphatic rings. The van der Waals surface area contributed by atoms with Gasteiger partial charge in [0.2, 0.25) is 10.0 Å². The first-order valence-electron chi connectivity index (χ1n) is 8.81. The minimum atomic E-state index is -3.78. The zero-order valence-corrected chi connectivity index (χ0v) is 16.0.